The molecule has 0 bridgehead atoms. The van der Waals surface area contributed by atoms with E-state index in [2.05, 4.69) is 21.9 Å². The Hall–Kier alpha value is -2.51. The van der Waals surface area contributed by atoms with Crippen LogP contribution in [0.25, 0.3) is 5.31 Å². The van der Waals surface area contributed by atoms with Gasteiger partial charge in [0.05, 0.1) is 18.6 Å². The molecule has 0 spiro atoms. The molecule has 3 atom stereocenters. The minimum absolute atomic E-state index is 0.0239. The highest BCUT2D eigenvalue weighted by atomic mass is 31.1. The number of nitrogens with one attached hydrogen (secondary N) is 1. The highest BCUT2D eigenvalue weighted by Crippen LogP contribution is 2.46. The van der Waals surface area contributed by atoms with Gasteiger partial charge in [0.2, 0.25) is 0 Å². The van der Waals surface area contributed by atoms with Crippen LogP contribution < -0.4 is 14.8 Å². The number of hydrogen-bond acceptors (Lipinski definition) is 5. The van der Waals surface area contributed by atoms with Gasteiger partial charge in [-0.3, -0.25) is 4.79 Å². The molecule has 3 aliphatic rings. The Kier molecular flexibility index (Phi) is 5.99. The fourth-order valence-electron chi connectivity index (χ4n) is 3.83. The number of fused-ring (bicyclic) bond motifs is 1. The van der Waals surface area contributed by atoms with Gasteiger partial charge in [-0.1, -0.05) is 20.7 Å². The summed E-state index contributed by atoms with van der Waals surface area (Å²) in [6, 6.07) is 4.69. The molecule has 0 saturated carbocycles. The van der Waals surface area contributed by atoms with Gasteiger partial charge in [0.25, 0.3) is 5.91 Å². The van der Waals surface area contributed by atoms with E-state index in [4.69, 9.17) is 4.74 Å². The van der Waals surface area contributed by atoms with E-state index in [9.17, 15) is 18.0 Å². The van der Waals surface area contributed by atoms with Crippen molar-refractivity contribution in [2.75, 3.05) is 26.7 Å². The molecule has 1 aromatic rings. The van der Waals surface area contributed by atoms with E-state index < -0.39 is 12.1 Å². The van der Waals surface area contributed by atoms with Crippen molar-refractivity contribution in [2.24, 2.45) is 0 Å². The lowest BCUT2D eigenvalue weighted by molar-refractivity contribution is -0.275. The molecule has 1 fully saturated rings. The number of methoxy groups -OCH3 is 1. The predicted molar refractivity (Wildman–Crippen MR) is 113 cm³/mol. The molecular weight excluding hydrogens is 430 g/mol. The number of alkyl halides is 3. The summed E-state index contributed by atoms with van der Waals surface area (Å²) in [5.41, 5.74) is 1.50. The zero-order valence-corrected chi connectivity index (χ0v) is 18.1. The maximum absolute atomic E-state index is 12.9. The molecule has 3 aliphatic heterocycles. The molecule has 3 heterocycles. The van der Waals surface area contributed by atoms with E-state index in [1.807, 2.05) is 18.4 Å². The number of carbonyl (C=O) groups excluding carboxylic acids is 1. The van der Waals surface area contributed by atoms with E-state index in [0.29, 0.717) is 16.9 Å². The Morgan fingerprint density at radius 2 is 2.06 bits per heavy atom. The van der Waals surface area contributed by atoms with Crippen LogP contribution in [0.4, 0.5) is 13.2 Å². The number of nitrogens with zero attached hydrogens (tertiary/aromatic N) is 2. The summed E-state index contributed by atoms with van der Waals surface area (Å²) in [6.07, 6.45) is 2.53. The Balaban J connectivity index is 1.57. The monoisotopic (exact) mass is 453 g/mol. The summed E-state index contributed by atoms with van der Waals surface area (Å²) in [6.45, 7) is 4.73. The molecule has 1 aromatic carbocycles. The Bertz CT molecular complexity index is 961. The molecule has 1 N–H and O–H groups in total. The van der Waals surface area contributed by atoms with Gasteiger partial charge in [0.15, 0.2) is 11.5 Å². The van der Waals surface area contributed by atoms with Crippen molar-refractivity contribution >= 4 is 19.8 Å². The minimum atomic E-state index is -4.84. The minimum Gasteiger partial charge on any atom is -0.493 e. The summed E-state index contributed by atoms with van der Waals surface area (Å²) in [4.78, 5) is 16.8. The number of hydrogen-bond donors (Lipinski definition) is 1. The summed E-state index contributed by atoms with van der Waals surface area (Å²) < 4.78 is 47.3. The third-order valence-electron chi connectivity index (χ3n) is 5.28. The van der Waals surface area contributed by atoms with E-state index in [-0.39, 0.29) is 26.0 Å². The van der Waals surface area contributed by atoms with Crippen molar-refractivity contribution in [2.45, 2.75) is 25.1 Å². The average molecular weight is 453 g/mol. The number of ether oxygens (including phenoxy) is 2. The van der Waals surface area contributed by atoms with E-state index >= 15 is 0 Å². The number of halogens is 3. The van der Waals surface area contributed by atoms with Crippen molar-refractivity contribution in [1.82, 2.24) is 15.1 Å². The maximum Gasteiger partial charge on any atom is 0.573 e. The highest BCUT2D eigenvalue weighted by Gasteiger charge is 2.34. The van der Waals surface area contributed by atoms with Crippen molar-refractivity contribution in [1.29, 1.82) is 0 Å². The van der Waals surface area contributed by atoms with Gasteiger partial charge in [-0.05, 0) is 36.0 Å². The van der Waals surface area contributed by atoms with Gasteiger partial charge in [-0.2, -0.15) is 0 Å². The van der Waals surface area contributed by atoms with E-state index in [1.54, 1.807) is 11.0 Å². The molecule has 0 aromatic heterocycles. The van der Waals surface area contributed by atoms with Crippen LogP contribution in [-0.2, 0) is 4.79 Å². The summed E-state index contributed by atoms with van der Waals surface area (Å²) >= 11 is 0. The van der Waals surface area contributed by atoms with Gasteiger partial charge >= 0.3 is 6.36 Å². The molecule has 1 amide bonds. The number of piperazine rings is 1. The molecular formula is C21H23F3N3O3P. The van der Waals surface area contributed by atoms with Gasteiger partial charge < -0.3 is 24.6 Å². The van der Waals surface area contributed by atoms with Crippen LogP contribution in [0, 0.1) is 0 Å². The zero-order valence-electron chi connectivity index (χ0n) is 17.1. The van der Waals surface area contributed by atoms with Crippen LogP contribution in [0.15, 0.2) is 48.3 Å². The lowest BCUT2D eigenvalue weighted by atomic mass is 10.1. The van der Waals surface area contributed by atoms with Gasteiger partial charge in [0, 0.05) is 38.0 Å². The normalized spacial score (nSPS) is 24.6. The smallest absolute Gasteiger partial charge is 0.493 e. The second kappa shape index (κ2) is 8.55. The molecule has 0 aliphatic carbocycles. The van der Waals surface area contributed by atoms with Crippen molar-refractivity contribution in [3.63, 3.8) is 0 Å². The SMILES string of the molecule is COc1ccc(C2=CC(=O)N3C=C(N4CCN[C@@H](C)C4)C=CC3P2)cc1OC(F)(F)F. The number of rotatable bonds is 4. The Labute approximate surface area is 180 Å². The first-order valence-corrected chi connectivity index (χ1v) is 10.9. The maximum atomic E-state index is 12.9. The zero-order chi connectivity index (χ0) is 22.2. The second-order valence-corrected chi connectivity index (χ2v) is 8.94. The molecule has 31 heavy (non-hydrogen) atoms. The standard InChI is InChI=1S/C21H23F3N3O3P/c1-13-11-26(8-7-25-13)15-4-6-20-27(12-15)19(28)10-18(31-20)14-3-5-16(29-2)17(9-14)30-21(22,23)24/h3-6,9-10,12-13,20,25,31H,7-8,11H2,1-2H3/t13-,20?/m0/s1. The highest BCUT2D eigenvalue weighted by molar-refractivity contribution is 7.51. The first-order chi connectivity index (χ1) is 14.7. The van der Waals surface area contributed by atoms with Crippen molar-refractivity contribution < 1.29 is 27.4 Å². The van der Waals surface area contributed by atoms with Gasteiger partial charge in [-0.25, -0.2) is 0 Å². The summed E-state index contributed by atoms with van der Waals surface area (Å²) in [5, 5.41) is 4.07. The summed E-state index contributed by atoms with van der Waals surface area (Å²) in [5.74, 6) is -0.810. The first-order valence-electron chi connectivity index (χ1n) is 9.86. The molecule has 10 heteroatoms. The van der Waals surface area contributed by atoms with Crippen LogP contribution in [0.5, 0.6) is 11.5 Å². The van der Waals surface area contributed by atoms with Crippen LogP contribution in [-0.4, -0.2) is 60.6 Å². The largest absolute Gasteiger partial charge is 0.573 e. The Morgan fingerprint density at radius 1 is 1.26 bits per heavy atom. The van der Waals surface area contributed by atoms with E-state index in [1.165, 1.54) is 25.3 Å². The Morgan fingerprint density at radius 3 is 2.77 bits per heavy atom. The van der Waals surface area contributed by atoms with Crippen LogP contribution in [0.2, 0.25) is 0 Å². The average Bonchev–Trinajstić information content (AvgIpc) is 2.72. The molecule has 1 saturated heterocycles. The third kappa shape index (κ3) is 4.88. The number of amides is 1. The number of allylic oxidation sites excluding steroid dienone is 1. The van der Waals surface area contributed by atoms with Gasteiger partial charge in [-0.15, -0.1) is 13.2 Å². The van der Waals surface area contributed by atoms with Gasteiger partial charge in [0.1, 0.15) is 0 Å². The predicted octanol–water partition coefficient (Wildman–Crippen LogP) is 3.49. The first kappa shape index (κ1) is 21.7. The summed E-state index contributed by atoms with van der Waals surface area (Å²) in [7, 11) is 1.46. The van der Waals surface area contributed by atoms with Crippen LogP contribution in [0.1, 0.15) is 12.5 Å². The molecule has 0 radical (unpaired) electrons. The fraction of sp³-hybridized carbons (Fsp3) is 0.381. The molecule has 2 unspecified atom stereocenters. The van der Waals surface area contributed by atoms with Crippen molar-refractivity contribution in [3.8, 4) is 11.5 Å². The number of benzene rings is 1. The quantitative estimate of drug-likeness (QED) is 0.708. The molecule has 166 valence electrons. The molecule has 4 rings (SSSR count). The topological polar surface area (TPSA) is 54.0 Å². The van der Waals surface area contributed by atoms with E-state index in [0.717, 1.165) is 25.3 Å². The third-order valence-corrected chi connectivity index (χ3v) is 6.79. The second-order valence-electron chi connectivity index (χ2n) is 7.52. The fourth-order valence-corrected chi connectivity index (χ4v) is 5.22. The molecule has 6 nitrogen and oxygen atoms in total. The lowest BCUT2D eigenvalue weighted by Crippen LogP contribution is -2.49. The number of carbonyl (C=O) groups is 1. The van der Waals surface area contributed by atoms with Crippen LogP contribution >= 0.6 is 8.58 Å². The lowest BCUT2D eigenvalue weighted by Gasteiger charge is -2.39. The van der Waals surface area contributed by atoms with Crippen molar-refractivity contribution in [3.05, 3.63) is 53.9 Å². The van der Waals surface area contributed by atoms with Crippen LogP contribution in [0.3, 0.4) is 0 Å².